The van der Waals surface area contributed by atoms with Crippen molar-refractivity contribution in [2.24, 2.45) is 0 Å². The number of unbranched alkanes of at least 4 members (excludes halogenated alkanes) is 22. The molecule has 0 fully saturated rings. The van der Waals surface area contributed by atoms with E-state index in [1.807, 2.05) is 0 Å². The average molecular weight is 553 g/mol. The number of esters is 1. The summed E-state index contributed by atoms with van der Waals surface area (Å²) in [5, 5.41) is 9.51. The molecule has 0 aliphatic rings. The van der Waals surface area contributed by atoms with Gasteiger partial charge in [0.2, 0.25) is 0 Å². The minimum absolute atomic E-state index is 0.170. The third-order valence-electron chi connectivity index (χ3n) is 7.57. The maximum Gasteiger partial charge on any atom is 0.306 e. The van der Waals surface area contributed by atoms with E-state index >= 15 is 0 Å². The lowest BCUT2D eigenvalue weighted by Crippen LogP contribution is -2.27. The normalized spacial score (nSPS) is 12.4. The number of carbonyl (C=O) groups is 1. The molecule has 4 nitrogen and oxygen atoms in total. The van der Waals surface area contributed by atoms with E-state index < -0.39 is 6.10 Å². The Labute approximate surface area is 244 Å². The summed E-state index contributed by atoms with van der Waals surface area (Å²) < 4.78 is 11.1. The molecule has 0 saturated carbocycles. The first kappa shape index (κ1) is 38.1. The zero-order chi connectivity index (χ0) is 28.5. The second-order valence-electron chi connectivity index (χ2n) is 11.6. The van der Waals surface area contributed by atoms with Gasteiger partial charge in [0.15, 0.2) is 0 Å². The molecule has 0 radical (unpaired) electrons. The third-order valence-corrected chi connectivity index (χ3v) is 7.57. The zero-order valence-electron chi connectivity index (χ0n) is 26.4. The topological polar surface area (TPSA) is 55.8 Å². The Balaban J connectivity index is 3.38. The number of aliphatic hydroxyl groups excluding tert-OH is 1. The summed E-state index contributed by atoms with van der Waals surface area (Å²) in [4.78, 5) is 12.1. The van der Waals surface area contributed by atoms with Gasteiger partial charge in [-0.3, -0.25) is 4.79 Å². The van der Waals surface area contributed by atoms with Crippen LogP contribution in [0.5, 0.6) is 0 Å². The lowest BCUT2D eigenvalue weighted by atomic mass is 10.0. The first-order chi connectivity index (χ1) is 19.2. The van der Waals surface area contributed by atoms with Crippen molar-refractivity contribution in [3.05, 3.63) is 12.2 Å². The Hall–Kier alpha value is -0.870. The lowest BCUT2D eigenvalue weighted by molar-refractivity contribution is -0.154. The molecule has 39 heavy (non-hydrogen) atoms. The van der Waals surface area contributed by atoms with Gasteiger partial charge in [0.05, 0.1) is 13.2 Å². The van der Waals surface area contributed by atoms with Crippen molar-refractivity contribution < 1.29 is 19.4 Å². The number of hydrogen-bond donors (Lipinski definition) is 1. The van der Waals surface area contributed by atoms with Crippen molar-refractivity contribution in [1.82, 2.24) is 0 Å². The summed E-state index contributed by atoms with van der Waals surface area (Å²) in [6, 6.07) is 0. The van der Waals surface area contributed by atoms with Gasteiger partial charge in [-0.05, 0) is 32.1 Å². The van der Waals surface area contributed by atoms with Gasteiger partial charge in [-0.25, -0.2) is 0 Å². The van der Waals surface area contributed by atoms with Gasteiger partial charge in [-0.1, -0.05) is 154 Å². The quantitative estimate of drug-likeness (QED) is 0.0512. The van der Waals surface area contributed by atoms with Crippen molar-refractivity contribution in [2.45, 2.75) is 187 Å². The molecule has 0 aromatic carbocycles. The molecular formula is C35H68O4. The smallest absolute Gasteiger partial charge is 0.306 e. The second kappa shape index (κ2) is 33.3. The van der Waals surface area contributed by atoms with E-state index in [0.29, 0.717) is 19.6 Å². The van der Waals surface area contributed by atoms with Crippen molar-refractivity contribution in [3.8, 4) is 0 Å². The summed E-state index contributed by atoms with van der Waals surface area (Å²) in [5.41, 5.74) is 0. The van der Waals surface area contributed by atoms with Gasteiger partial charge in [-0.15, -0.1) is 0 Å². The highest BCUT2D eigenvalue weighted by molar-refractivity contribution is 5.69. The number of allylic oxidation sites excluding steroid dienone is 2. The van der Waals surface area contributed by atoms with Crippen LogP contribution >= 0.6 is 0 Å². The summed E-state index contributed by atoms with van der Waals surface area (Å²) >= 11 is 0. The Bertz CT molecular complexity index is 505. The van der Waals surface area contributed by atoms with Gasteiger partial charge in [-0.2, -0.15) is 0 Å². The molecular weight excluding hydrogens is 484 g/mol. The maximum absolute atomic E-state index is 12.1. The van der Waals surface area contributed by atoms with Gasteiger partial charge in [0.1, 0.15) is 6.10 Å². The molecule has 0 aliphatic carbocycles. The Morgan fingerprint density at radius 2 is 1.05 bits per heavy atom. The van der Waals surface area contributed by atoms with Crippen LogP contribution in [0, 0.1) is 0 Å². The monoisotopic (exact) mass is 553 g/mol. The fourth-order valence-electron chi connectivity index (χ4n) is 4.98. The summed E-state index contributed by atoms with van der Waals surface area (Å²) in [6.45, 7) is 5.30. The van der Waals surface area contributed by atoms with Crippen LogP contribution in [0.3, 0.4) is 0 Å². The molecule has 232 valence electrons. The molecule has 0 aromatic rings. The van der Waals surface area contributed by atoms with Crippen LogP contribution in [0.1, 0.15) is 181 Å². The molecule has 0 bridgehead atoms. The highest BCUT2D eigenvalue weighted by Crippen LogP contribution is 2.14. The Morgan fingerprint density at radius 3 is 1.56 bits per heavy atom. The largest absolute Gasteiger partial charge is 0.457 e. The number of rotatable bonds is 32. The van der Waals surface area contributed by atoms with E-state index in [4.69, 9.17) is 9.47 Å². The van der Waals surface area contributed by atoms with Crippen molar-refractivity contribution in [3.63, 3.8) is 0 Å². The van der Waals surface area contributed by atoms with E-state index in [1.165, 1.54) is 141 Å². The molecule has 0 spiro atoms. The van der Waals surface area contributed by atoms with Gasteiger partial charge < -0.3 is 14.6 Å². The maximum atomic E-state index is 12.1. The third kappa shape index (κ3) is 31.5. The standard InChI is InChI=1S/C35H68O4/c1-3-5-7-9-11-13-15-16-17-18-19-20-21-23-25-27-29-31-38-33-34(32-36)39-35(37)30-28-26-24-22-14-12-10-8-6-4-2/h8,10,34,36H,3-7,9,11-33H2,1-2H3/b10-8-. The first-order valence-electron chi connectivity index (χ1n) is 17.3. The number of ether oxygens (including phenoxy) is 2. The van der Waals surface area contributed by atoms with E-state index in [1.54, 1.807) is 0 Å². The molecule has 1 N–H and O–H groups in total. The van der Waals surface area contributed by atoms with E-state index in [2.05, 4.69) is 26.0 Å². The predicted molar refractivity (Wildman–Crippen MR) is 168 cm³/mol. The Kier molecular flexibility index (Phi) is 32.6. The Morgan fingerprint density at radius 1 is 0.590 bits per heavy atom. The zero-order valence-corrected chi connectivity index (χ0v) is 26.4. The van der Waals surface area contributed by atoms with E-state index in [-0.39, 0.29) is 12.6 Å². The van der Waals surface area contributed by atoms with Crippen LogP contribution < -0.4 is 0 Å². The summed E-state index contributed by atoms with van der Waals surface area (Å²) in [7, 11) is 0. The van der Waals surface area contributed by atoms with Crippen LogP contribution in [0.2, 0.25) is 0 Å². The fourth-order valence-corrected chi connectivity index (χ4v) is 4.98. The van der Waals surface area contributed by atoms with Crippen LogP contribution in [0.15, 0.2) is 12.2 Å². The summed E-state index contributed by atoms with van der Waals surface area (Å²) in [6.07, 6.45) is 36.8. The molecule has 0 saturated heterocycles. The van der Waals surface area contributed by atoms with Gasteiger partial charge in [0, 0.05) is 13.0 Å². The SMILES string of the molecule is CCC/C=C\CCCCCCCC(=O)OC(CO)COCCCCCCCCCCCCCCCCCCC. The molecule has 0 aromatic heterocycles. The fraction of sp³-hybridized carbons (Fsp3) is 0.914. The molecule has 0 heterocycles. The highest BCUT2D eigenvalue weighted by atomic mass is 16.6. The molecule has 0 amide bonds. The van der Waals surface area contributed by atoms with Crippen molar-refractivity contribution in [1.29, 1.82) is 0 Å². The van der Waals surface area contributed by atoms with Crippen LogP contribution in [-0.4, -0.2) is 37.0 Å². The van der Waals surface area contributed by atoms with Crippen LogP contribution in [-0.2, 0) is 14.3 Å². The first-order valence-corrected chi connectivity index (χ1v) is 17.3. The average Bonchev–Trinajstić information content (AvgIpc) is 2.94. The van der Waals surface area contributed by atoms with Gasteiger partial charge >= 0.3 is 5.97 Å². The lowest BCUT2D eigenvalue weighted by Gasteiger charge is -2.15. The van der Waals surface area contributed by atoms with Crippen LogP contribution in [0.25, 0.3) is 0 Å². The number of hydrogen-bond acceptors (Lipinski definition) is 4. The predicted octanol–water partition coefficient (Wildman–Crippen LogP) is 10.6. The number of carbonyl (C=O) groups excluding carboxylic acids is 1. The molecule has 0 rings (SSSR count). The molecule has 0 aliphatic heterocycles. The van der Waals surface area contributed by atoms with Crippen molar-refractivity contribution in [2.75, 3.05) is 19.8 Å². The van der Waals surface area contributed by atoms with E-state index in [0.717, 1.165) is 19.3 Å². The second-order valence-corrected chi connectivity index (χ2v) is 11.6. The molecule has 4 heteroatoms. The van der Waals surface area contributed by atoms with Gasteiger partial charge in [0.25, 0.3) is 0 Å². The number of aliphatic hydroxyl groups is 1. The molecule has 1 atom stereocenters. The summed E-state index contributed by atoms with van der Waals surface area (Å²) in [5.74, 6) is -0.210. The molecule has 1 unspecified atom stereocenters. The minimum atomic E-state index is -0.529. The highest BCUT2D eigenvalue weighted by Gasteiger charge is 2.13. The van der Waals surface area contributed by atoms with E-state index in [9.17, 15) is 9.90 Å². The van der Waals surface area contributed by atoms with Crippen LogP contribution in [0.4, 0.5) is 0 Å². The van der Waals surface area contributed by atoms with Crippen molar-refractivity contribution >= 4 is 5.97 Å². The minimum Gasteiger partial charge on any atom is -0.457 e.